The van der Waals surface area contributed by atoms with Gasteiger partial charge in [-0.25, -0.2) is 0 Å². The zero-order chi connectivity index (χ0) is 13.9. The average Bonchev–Trinajstić information content (AvgIpc) is 3.06. The van der Waals surface area contributed by atoms with Gasteiger partial charge in [-0.1, -0.05) is 25.1 Å². The maximum Gasteiger partial charge on any atom is 0.224 e. The van der Waals surface area contributed by atoms with E-state index < -0.39 is 0 Å². The van der Waals surface area contributed by atoms with E-state index in [4.69, 9.17) is 9.15 Å². The smallest absolute Gasteiger partial charge is 0.224 e. The van der Waals surface area contributed by atoms with Crippen molar-refractivity contribution in [2.24, 2.45) is 0 Å². The van der Waals surface area contributed by atoms with Crippen molar-refractivity contribution in [3.8, 4) is 0 Å². The number of fused-ring (bicyclic) bond motifs is 1. The highest BCUT2D eigenvalue weighted by Crippen LogP contribution is 2.21. The minimum Gasteiger partial charge on any atom is -0.464 e. The minimum absolute atomic E-state index is 0.0329. The van der Waals surface area contributed by atoms with Gasteiger partial charge in [0.2, 0.25) is 5.91 Å². The Morgan fingerprint density at radius 2 is 2.25 bits per heavy atom. The summed E-state index contributed by atoms with van der Waals surface area (Å²) in [6.45, 7) is 2.82. The number of nitrogens with one attached hydrogen (secondary N) is 1. The van der Waals surface area contributed by atoms with Crippen LogP contribution in [0.25, 0.3) is 11.0 Å². The Morgan fingerprint density at radius 3 is 3.10 bits per heavy atom. The number of carbonyl (C=O) groups is 1. The van der Waals surface area contributed by atoms with Crippen molar-refractivity contribution < 1.29 is 13.9 Å². The van der Waals surface area contributed by atoms with E-state index in [1.54, 1.807) is 6.26 Å². The summed E-state index contributed by atoms with van der Waals surface area (Å²) in [5.41, 5.74) is 1.76. The topological polar surface area (TPSA) is 51.5 Å². The molecule has 1 aromatic carbocycles. The van der Waals surface area contributed by atoms with Crippen LogP contribution >= 0.6 is 0 Å². The Labute approximate surface area is 118 Å². The molecular weight excluding hydrogens is 254 g/mol. The molecule has 106 valence electrons. The fraction of sp³-hybridized carbons (Fsp3) is 0.438. The highest BCUT2D eigenvalue weighted by atomic mass is 16.5. The fourth-order valence-electron chi connectivity index (χ4n) is 2.82. The highest BCUT2D eigenvalue weighted by molar-refractivity contribution is 5.87. The van der Waals surface area contributed by atoms with E-state index in [9.17, 15) is 4.79 Å². The fourth-order valence-corrected chi connectivity index (χ4v) is 2.82. The van der Waals surface area contributed by atoms with Crippen LogP contribution in [0.4, 0.5) is 0 Å². The lowest BCUT2D eigenvalue weighted by molar-refractivity contribution is -0.121. The number of ether oxygens (including phenoxy) is 1. The first-order valence-corrected chi connectivity index (χ1v) is 7.14. The van der Waals surface area contributed by atoms with E-state index >= 15 is 0 Å². The van der Waals surface area contributed by atoms with Crippen LogP contribution in [0, 0.1) is 0 Å². The molecular formula is C16H19NO3. The van der Waals surface area contributed by atoms with Crippen LogP contribution in [0.3, 0.4) is 0 Å². The molecule has 1 aliphatic heterocycles. The lowest BCUT2D eigenvalue weighted by Crippen LogP contribution is -2.40. The average molecular weight is 273 g/mol. The molecule has 1 fully saturated rings. The van der Waals surface area contributed by atoms with Gasteiger partial charge in [0.25, 0.3) is 0 Å². The summed E-state index contributed by atoms with van der Waals surface area (Å²) >= 11 is 0. The molecule has 3 rings (SSSR count). The molecule has 1 amide bonds. The third-order valence-corrected chi connectivity index (χ3v) is 3.87. The van der Waals surface area contributed by atoms with Crippen LogP contribution in [0.2, 0.25) is 0 Å². The molecule has 0 spiro atoms. The number of furan rings is 1. The van der Waals surface area contributed by atoms with Crippen molar-refractivity contribution in [2.75, 3.05) is 6.61 Å². The quantitative estimate of drug-likeness (QED) is 0.931. The number of rotatable bonds is 4. The third kappa shape index (κ3) is 2.56. The van der Waals surface area contributed by atoms with E-state index in [-0.39, 0.29) is 18.1 Å². The number of carbonyl (C=O) groups excluding carboxylic acids is 1. The monoisotopic (exact) mass is 273 g/mol. The lowest BCUT2D eigenvalue weighted by atomic mass is 10.1. The van der Waals surface area contributed by atoms with Crippen LogP contribution in [0.15, 0.2) is 34.9 Å². The van der Waals surface area contributed by atoms with E-state index in [0.29, 0.717) is 6.42 Å². The molecule has 1 aliphatic rings. The van der Waals surface area contributed by atoms with Crippen LogP contribution in [0.5, 0.6) is 0 Å². The van der Waals surface area contributed by atoms with Crippen molar-refractivity contribution in [3.63, 3.8) is 0 Å². The number of benzene rings is 1. The van der Waals surface area contributed by atoms with Gasteiger partial charge >= 0.3 is 0 Å². The predicted octanol–water partition coefficient (Wildman–Crippen LogP) is 2.66. The molecule has 2 aromatic rings. The Kier molecular flexibility index (Phi) is 3.74. The van der Waals surface area contributed by atoms with Crippen molar-refractivity contribution >= 4 is 16.9 Å². The molecule has 1 saturated heterocycles. The number of para-hydroxylation sites is 1. The van der Waals surface area contributed by atoms with Crippen LogP contribution in [-0.4, -0.2) is 24.7 Å². The molecule has 0 saturated carbocycles. The standard InChI is InChI=1S/C16H19NO3/c1-2-14-13(7-8-19-14)17-16(18)9-11-10-20-15-6-4-3-5-12(11)15/h3-6,10,13-14H,2,7-9H2,1H3,(H,17,18)/t13-,14+/m1/s1. The molecule has 2 heterocycles. The Hall–Kier alpha value is -1.81. The third-order valence-electron chi connectivity index (χ3n) is 3.87. The molecule has 0 aliphatic carbocycles. The number of hydrogen-bond donors (Lipinski definition) is 1. The zero-order valence-corrected chi connectivity index (χ0v) is 11.6. The van der Waals surface area contributed by atoms with Crippen LogP contribution < -0.4 is 5.32 Å². The normalized spacial score (nSPS) is 22.2. The second-order valence-electron chi connectivity index (χ2n) is 5.21. The zero-order valence-electron chi connectivity index (χ0n) is 11.6. The van der Waals surface area contributed by atoms with Crippen LogP contribution in [-0.2, 0) is 16.0 Å². The van der Waals surface area contributed by atoms with Gasteiger partial charge in [0, 0.05) is 17.6 Å². The van der Waals surface area contributed by atoms with Gasteiger partial charge in [0.15, 0.2) is 0 Å². The largest absolute Gasteiger partial charge is 0.464 e. The Balaban J connectivity index is 1.67. The van der Waals surface area contributed by atoms with Gasteiger partial charge in [0.05, 0.1) is 24.8 Å². The van der Waals surface area contributed by atoms with Crippen molar-refractivity contribution in [3.05, 3.63) is 36.1 Å². The summed E-state index contributed by atoms with van der Waals surface area (Å²) < 4.78 is 11.0. The molecule has 2 atom stereocenters. The Morgan fingerprint density at radius 1 is 1.40 bits per heavy atom. The van der Waals surface area contributed by atoms with Gasteiger partial charge in [-0.05, 0) is 18.9 Å². The predicted molar refractivity (Wildman–Crippen MR) is 76.5 cm³/mol. The molecule has 20 heavy (non-hydrogen) atoms. The maximum absolute atomic E-state index is 12.2. The van der Waals surface area contributed by atoms with Gasteiger partial charge in [-0.3, -0.25) is 4.79 Å². The van der Waals surface area contributed by atoms with E-state index in [1.807, 2.05) is 24.3 Å². The van der Waals surface area contributed by atoms with E-state index in [0.717, 1.165) is 36.0 Å². The SMILES string of the molecule is CC[C@@H]1OCC[C@H]1NC(=O)Cc1coc2ccccc12. The molecule has 1 aromatic heterocycles. The number of amides is 1. The molecule has 4 nitrogen and oxygen atoms in total. The summed E-state index contributed by atoms with van der Waals surface area (Å²) in [6, 6.07) is 7.92. The summed E-state index contributed by atoms with van der Waals surface area (Å²) in [4.78, 5) is 12.2. The van der Waals surface area contributed by atoms with Crippen molar-refractivity contribution in [1.82, 2.24) is 5.32 Å². The lowest BCUT2D eigenvalue weighted by Gasteiger charge is -2.18. The van der Waals surface area contributed by atoms with Crippen LogP contribution in [0.1, 0.15) is 25.3 Å². The molecule has 4 heteroatoms. The second-order valence-corrected chi connectivity index (χ2v) is 5.21. The Bertz CT molecular complexity index is 605. The minimum atomic E-state index is 0.0329. The molecule has 0 unspecified atom stereocenters. The molecule has 0 radical (unpaired) electrons. The first-order chi connectivity index (χ1) is 9.78. The van der Waals surface area contributed by atoms with Crippen molar-refractivity contribution in [2.45, 2.75) is 38.3 Å². The van der Waals surface area contributed by atoms with Gasteiger partial charge in [-0.2, -0.15) is 0 Å². The second kappa shape index (κ2) is 5.67. The summed E-state index contributed by atoms with van der Waals surface area (Å²) in [7, 11) is 0. The van der Waals surface area contributed by atoms with E-state index in [2.05, 4.69) is 12.2 Å². The van der Waals surface area contributed by atoms with Gasteiger partial charge in [0.1, 0.15) is 5.58 Å². The van der Waals surface area contributed by atoms with Crippen molar-refractivity contribution in [1.29, 1.82) is 0 Å². The molecule has 1 N–H and O–H groups in total. The highest BCUT2D eigenvalue weighted by Gasteiger charge is 2.28. The maximum atomic E-state index is 12.2. The summed E-state index contributed by atoms with van der Waals surface area (Å²) in [5.74, 6) is 0.0329. The molecule has 0 bridgehead atoms. The summed E-state index contributed by atoms with van der Waals surface area (Å²) in [6.07, 6.45) is 4.01. The van der Waals surface area contributed by atoms with Gasteiger partial charge < -0.3 is 14.5 Å². The first kappa shape index (κ1) is 13.2. The van der Waals surface area contributed by atoms with Gasteiger partial charge in [-0.15, -0.1) is 0 Å². The summed E-state index contributed by atoms with van der Waals surface area (Å²) in [5, 5.41) is 4.09. The van der Waals surface area contributed by atoms with E-state index in [1.165, 1.54) is 0 Å². The number of hydrogen-bond acceptors (Lipinski definition) is 3. The first-order valence-electron chi connectivity index (χ1n) is 7.14.